The van der Waals surface area contributed by atoms with Gasteiger partial charge in [-0.1, -0.05) is 17.7 Å². The lowest BCUT2D eigenvalue weighted by atomic mass is 10.1. The molecule has 25 heavy (non-hydrogen) atoms. The van der Waals surface area contributed by atoms with Gasteiger partial charge in [-0.05, 0) is 37.3 Å². The fourth-order valence-electron chi connectivity index (χ4n) is 3.12. The van der Waals surface area contributed by atoms with Gasteiger partial charge in [-0.15, -0.1) is 0 Å². The van der Waals surface area contributed by atoms with Gasteiger partial charge in [-0.3, -0.25) is 14.7 Å². The Morgan fingerprint density at radius 2 is 2.04 bits per heavy atom. The highest BCUT2D eigenvalue weighted by atomic mass is 16.2. The van der Waals surface area contributed by atoms with Crippen molar-refractivity contribution in [1.82, 2.24) is 10.2 Å². The van der Waals surface area contributed by atoms with Crippen LogP contribution in [0, 0.1) is 12.8 Å². The molecule has 2 N–H and O–H groups in total. The number of carbonyl (C=O) groups excluding carboxylic acids is 2. The molecule has 126 valence electrons. The van der Waals surface area contributed by atoms with Gasteiger partial charge >= 0.3 is 0 Å². The number of nitrogens with zero attached hydrogens (tertiary/aromatic N) is 2. The molecule has 3 aromatic rings. The monoisotopic (exact) mass is 334 g/mol. The highest BCUT2D eigenvalue weighted by Gasteiger charge is 2.35. The first-order valence-electron chi connectivity index (χ1n) is 8.21. The topological polar surface area (TPSA) is 78.1 Å². The van der Waals surface area contributed by atoms with Crippen molar-refractivity contribution in [2.75, 3.05) is 16.8 Å². The number of rotatable bonds is 3. The first kappa shape index (κ1) is 15.4. The molecular formula is C19H18N4O2. The molecule has 0 spiro atoms. The second kappa shape index (κ2) is 6.05. The largest absolute Gasteiger partial charge is 0.326 e. The third kappa shape index (κ3) is 2.98. The van der Waals surface area contributed by atoms with Crippen LogP contribution in [0.15, 0.2) is 48.7 Å². The van der Waals surface area contributed by atoms with Crippen LogP contribution in [0.2, 0.25) is 0 Å². The quantitative estimate of drug-likeness (QED) is 0.773. The molecule has 4 rings (SSSR count). The first-order valence-corrected chi connectivity index (χ1v) is 8.21. The van der Waals surface area contributed by atoms with Gasteiger partial charge in [0.2, 0.25) is 11.8 Å². The molecule has 1 fully saturated rings. The van der Waals surface area contributed by atoms with Crippen LogP contribution in [0.5, 0.6) is 0 Å². The highest BCUT2D eigenvalue weighted by molar-refractivity contribution is 6.04. The minimum atomic E-state index is -0.355. The number of anilines is 2. The fourth-order valence-corrected chi connectivity index (χ4v) is 3.12. The third-order valence-corrected chi connectivity index (χ3v) is 4.55. The van der Waals surface area contributed by atoms with Crippen molar-refractivity contribution >= 4 is 34.1 Å². The van der Waals surface area contributed by atoms with Crippen LogP contribution in [-0.2, 0) is 9.59 Å². The maximum atomic E-state index is 12.5. The molecular weight excluding hydrogens is 316 g/mol. The minimum absolute atomic E-state index is 0.0203. The van der Waals surface area contributed by atoms with Crippen LogP contribution in [0.25, 0.3) is 10.9 Å². The molecule has 1 saturated heterocycles. The Kier molecular flexibility index (Phi) is 3.72. The van der Waals surface area contributed by atoms with E-state index in [1.807, 2.05) is 49.4 Å². The molecule has 0 radical (unpaired) electrons. The molecule has 2 amide bonds. The predicted octanol–water partition coefficient (Wildman–Crippen LogP) is 2.86. The summed E-state index contributed by atoms with van der Waals surface area (Å²) in [6.45, 7) is 2.41. The summed E-state index contributed by atoms with van der Waals surface area (Å²) in [5.74, 6) is -0.513. The van der Waals surface area contributed by atoms with Crippen molar-refractivity contribution in [2.24, 2.45) is 5.92 Å². The first-order chi connectivity index (χ1) is 12.1. The van der Waals surface area contributed by atoms with Crippen molar-refractivity contribution in [1.29, 1.82) is 0 Å². The predicted molar refractivity (Wildman–Crippen MR) is 96.4 cm³/mol. The molecule has 1 aliphatic heterocycles. The van der Waals surface area contributed by atoms with E-state index in [9.17, 15) is 9.59 Å². The van der Waals surface area contributed by atoms with E-state index in [1.54, 1.807) is 11.1 Å². The van der Waals surface area contributed by atoms with E-state index in [4.69, 9.17) is 0 Å². The number of aromatic nitrogens is 2. The standard InChI is InChI=1S/C19H18N4O2/c1-12-2-6-16(7-3-12)23-11-14(8-18(23)24)19(25)21-15-5-4-13-10-20-22-17(13)9-15/h2-7,9-10,14H,8,11H2,1H3,(H,20,22)(H,21,25). The number of nitrogens with one attached hydrogen (secondary N) is 2. The summed E-state index contributed by atoms with van der Waals surface area (Å²) in [5.41, 5.74) is 3.54. The molecule has 1 aromatic heterocycles. The number of H-pyrrole nitrogens is 1. The molecule has 1 atom stereocenters. The number of aryl methyl sites for hydroxylation is 1. The lowest BCUT2D eigenvalue weighted by Crippen LogP contribution is -2.28. The number of amides is 2. The summed E-state index contributed by atoms with van der Waals surface area (Å²) in [5, 5.41) is 10.7. The fraction of sp³-hybridized carbons (Fsp3) is 0.211. The normalized spacial score (nSPS) is 17.2. The van der Waals surface area contributed by atoms with E-state index >= 15 is 0 Å². The van der Waals surface area contributed by atoms with Gasteiger partial charge in [0.1, 0.15) is 0 Å². The number of hydrogen-bond donors (Lipinski definition) is 2. The van der Waals surface area contributed by atoms with Gasteiger partial charge in [0.05, 0.1) is 17.6 Å². The second-order valence-corrected chi connectivity index (χ2v) is 6.40. The summed E-state index contributed by atoms with van der Waals surface area (Å²) in [6, 6.07) is 13.3. The number of carbonyl (C=O) groups is 2. The van der Waals surface area contributed by atoms with Crippen LogP contribution < -0.4 is 10.2 Å². The van der Waals surface area contributed by atoms with Gasteiger partial charge in [0.15, 0.2) is 0 Å². The summed E-state index contributed by atoms with van der Waals surface area (Å²) >= 11 is 0. The second-order valence-electron chi connectivity index (χ2n) is 6.40. The number of fused-ring (bicyclic) bond motifs is 1. The summed E-state index contributed by atoms with van der Waals surface area (Å²) in [4.78, 5) is 26.5. The third-order valence-electron chi connectivity index (χ3n) is 4.55. The van der Waals surface area contributed by atoms with Gasteiger partial charge in [-0.25, -0.2) is 0 Å². The van der Waals surface area contributed by atoms with Crippen molar-refractivity contribution in [3.63, 3.8) is 0 Å². The van der Waals surface area contributed by atoms with Crippen LogP contribution in [0.3, 0.4) is 0 Å². The van der Waals surface area contributed by atoms with Gasteiger partial charge in [0.25, 0.3) is 0 Å². The van der Waals surface area contributed by atoms with Crippen LogP contribution >= 0.6 is 0 Å². The Labute approximate surface area is 144 Å². The lowest BCUT2D eigenvalue weighted by molar-refractivity contribution is -0.122. The van der Waals surface area contributed by atoms with E-state index < -0.39 is 0 Å². The average Bonchev–Trinajstić information content (AvgIpc) is 3.22. The minimum Gasteiger partial charge on any atom is -0.326 e. The maximum Gasteiger partial charge on any atom is 0.229 e. The molecule has 6 nitrogen and oxygen atoms in total. The zero-order valence-corrected chi connectivity index (χ0v) is 13.8. The zero-order chi connectivity index (χ0) is 17.4. The van der Waals surface area contributed by atoms with Crippen LogP contribution in [-0.4, -0.2) is 28.6 Å². The average molecular weight is 334 g/mol. The van der Waals surface area contributed by atoms with E-state index in [0.717, 1.165) is 22.2 Å². The Bertz CT molecular complexity index is 945. The number of hydrogen-bond acceptors (Lipinski definition) is 3. The molecule has 0 aliphatic carbocycles. The van der Waals surface area contributed by atoms with Crippen molar-refractivity contribution < 1.29 is 9.59 Å². The molecule has 1 unspecified atom stereocenters. The molecule has 2 heterocycles. The highest BCUT2D eigenvalue weighted by Crippen LogP contribution is 2.26. The molecule has 0 saturated carbocycles. The molecule has 6 heteroatoms. The number of aromatic amines is 1. The Balaban J connectivity index is 1.47. The van der Waals surface area contributed by atoms with Crippen LogP contribution in [0.1, 0.15) is 12.0 Å². The van der Waals surface area contributed by atoms with E-state index in [-0.39, 0.29) is 24.2 Å². The Hall–Kier alpha value is -3.15. The molecule has 1 aliphatic rings. The van der Waals surface area contributed by atoms with Crippen molar-refractivity contribution in [2.45, 2.75) is 13.3 Å². The van der Waals surface area contributed by atoms with Gasteiger partial charge < -0.3 is 10.2 Å². The van der Waals surface area contributed by atoms with E-state index in [0.29, 0.717) is 12.2 Å². The Morgan fingerprint density at radius 3 is 2.84 bits per heavy atom. The van der Waals surface area contributed by atoms with Crippen LogP contribution in [0.4, 0.5) is 11.4 Å². The Morgan fingerprint density at radius 1 is 1.24 bits per heavy atom. The molecule has 0 bridgehead atoms. The maximum absolute atomic E-state index is 12.5. The van der Waals surface area contributed by atoms with Gasteiger partial charge in [-0.2, -0.15) is 5.10 Å². The number of benzene rings is 2. The SMILES string of the molecule is Cc1ccc(N2CC(C(=O)Nc3ccc4cn[nH]c4c3)CC2=O)cc1. The van der Waals surface area contributed by atoms with Gasteiger partial charge in [0, 0.05) is 29.7 Å². The van der Waals surface area contributed by atoms with E-state index in [1.165, 1.54) is 0 Å². The molecule has 2 aromatic carbocycles. The smallest absolute Gasteiger partial charge is 0.229 e. The van der Waals surface area contributed by atoms with Crippen molar-refractivity contribution in [3.05, 3.63) is 54.2 Å². The lowest BCUT2D eigenvalue weighted by Gasteiger charge is -2.17. The van der Waals surface area contributed by atoms with E-state index in [2.05, 4.69) is 15.5 Å². The zero-order valence-electron chi connectivity index (χ0n) is 13.8. The summed E-state index contributed by atoms with van der Waals surface area (Å²) in [7, 11) is 0. The summed E-state index contributed by atoms with van der Waals surface area (Å²) in [6.07, 6.45) is 1.96. The van der Waals surface area contributed by atoms with Crippen molar-refractivity contribution in [3.8, 4) is 0 Å². The summed E-state index contributed by atoms with van der Waals surface area (Å²) < 4.78 is 0.